The summed E-state index contributed by atoms with van der Waals surface area (Å²) in [6, 6.07) is 0. The Kier molecular flexibility index (Phi) is 51.4. The van der Waals surface area contributed by atoms with Gasteiger partial charge in [0.2, 0.25) is 0 Å². The van der Waals surface area contributed by atoms with E-state index in [1.807, 2.05) is 21.1 Å². The molecule has 0 aliphatic carbocycles. The van der Waals surface area contributed by atoms with Crippen LogP contribution in [0.25, 0.3) is 0 Å². The summed E-state index contributed by atoms with van der Waals surface area (Å²) in [4.78, 5) is 35.7. The summed E-state index contributed by atoms with van der Waals surface area (Å²) in [6.45, 7) is 4.29. The lowest BCUT2D eigenvalue weighted by molar-refractivity contribution is -0.870. The first-order valence-corrected chi connectivity index (χ1v) is 31.2. The standard InChI is InChI=1S/C62H112NO8P/c1-6-8-10-12-14-16-18-20-22-24-26-28-29-30-31-32-33-35-36-38-40-42-44-46-48-50-52-54-61(64)68-58-60(59-70-72(66,67)69-57-56-63(3,4)5)71-62(65)55-53-51-49-47-45-43-41-39-37-34-27-25-23-21-19-17-15-13-11-9-7-2/h9,11,15,17,21,23,27,34,39,41,45,47,60H,6-8,10,12-14,16,18-20,22,24-26,28-33,35-38,40,42-44,46,48-59H2,1-5H3/p+1/b11-9-,17-15-,23-21-,34-27-,41-39-,47-45-. The third-order valence-electron chi connectivity index (χ3n) is 12.8. The fourth-order valence-electron chi connectivity index (χ4n) is 8.20. The second kappa shape index (κ2) is 53.3. The fraction of sp³-hybridized carbons (Fsp3) is 0.774. The molecule has 72 heavy (non-hydrogen) atoms. The summed E-state index contributed by atoms with van der Waals surface area (Å²) in [5.41, 5.74) is 0. The SMILES string of the molecule is CC/C=C\C/C=C\C/C=C\C/C=C\C/C=C\C/C=C\CCCCC(=O)OC(COC(=O)CCCCCCCCCCCCCCCCCCCCCCCCCCCCC)COP(=O)(O)OCC[N+](C)(C)C. The van der Waals surface area contributed by atoms with Gasteiger partial charge in [0.15, 0.2) is 6.10 Å². The normalized spacial score (nSPS) is 13.8. The number of carbonyl (C=O) groups excluding carboxylic acids is 2. The van der Waals surface area contributed by atoms with Gasteiger partial charge in [0.1, 0.15) is 19.8 Å². The van der Waals surface area contributed by atoms with Gasteiger partial charge in [-0.05, 0) is 64.2 Å². The van der Waals surface area contributed by atoms with Crippen LogP contribution in [0.2, 0.25) is 0 Å². The molecule has 0 aromatic heterocycles. The summed E-state index contributed by atoms with van der Waals surface area (Å²) in [7, 11) is 1.45. The van der Waals surface area contributed by atoms with Crippen molar-refractivity contribution in [3.05, 3.63) is 72.9 Å². The number of likely N-dealkylation sites (N-methyl/N-ethyl adjacent to an activating group) is 1. The van der Waals surface area contributed by atoms with E-state index in [1.165, 1.54) is 154 Å². The van der Waals surface area contributed by atoms with Crippen molar-refractivity contribution in [1.29, 1.82) is 0 Å². The molecule has 0 aliphatic rings. The van der Waals surface area contributed by atoms with Crippen LogP contribution in [0.1, 0.15) is 258 Å². The van der Waals surface area contributed by atoms with E-state index in [1.54, 1.807) is 0 Å². The molecule has 418 valence electrons. The Morgan fingerprint density at radius 3 is 1.18 bits per heavy atom. The van der Waals surface area contributed by atoms with Gasteiger partial charge in [-0.3, -0.25) is 18.6 Å². The van der Waals surface area contributed by atoms with Crippen molar-refractivity contribution in [2.45, 2.75) is 264 Å². The zero-order chi connectivity index (χ0) is 52.7. The van der Waals surface area contributed by atoms with Crippen LogP contribution in [0.3, 0.4) is 0 Å². The number of nitrogens with zero attached hydrogens (tertiary/aromatic N) is 1. The maximum Gasteiger partial charge on any atom is 0.472 e. The van der Waals surface area contributed by atoms with E-state index >= 15 is 0 Å². The highest BCUT2D eigenvalue weighted by Gasteiger charge is 2.27. The number of allylic oxidation sites excluding steroid dienone is 12. The van der Waals surface area contributed by atoms with Crippen molar-refractivity contribution < 1.29 is 42.1 Å². The van der Waals surface area contributed by atoms with Crippen molar-refractivity contribution in [3.63, 3.8) is 0 Å². The summed E-state index contributed by atoms with van der Waals surface area (Å²) in [5, 5.41) is 0. The highest BCUT2D eigenvalue weighted by Crippen LogP contribution is 2.43. The van der Waals surface area contributed by atoms with Gasteiger partial charge in [0.25, 0.3) is 0 Å². The number of phosphoric acid groups is 1. The van der Waals surface area contributed by atoms with E-state index in [-0.39, 0.29) is 32.0 Å². The highest BCUT2D eigenvalue weighted by molar-refractivity contribution is 7.47. The minimum Gasteiger partial charge on any atom is -0.462 e. The number of unbranched alkanes of at least 4 members (excludes halogenated alkanes) is 28. The van der Waals surface area contributed by atoms with E-state index in [4.69, 9.17) is 18.5 Å². The number of phosphoric ester groups is 1. The van der Waals surface area contributed by atoms with E-state index in [2.05, 4.69) is 86.8 Å². The van der Waals surface area contributed by atoms with Crippen LogP contribution in [0.5, 0.6) is 0 Å². The number of ether oxygens (including phenoxy) is 2. The van der Waals surface area contributed by atoms with Crippen molar-refractivity contribution in [2.75, 3.05) is 47.5 Å². The average Bonchev–Trinajstić information content (AvgIpc) is 3.34. The predicted octanol–water partition coefficient (Wildman–Crippen LogP) is 18.5. The molecule has 10 heteroatoms. The molecule has 9 nitrogen and oxygen atoms in total. The average molecular weight is 1030 g/mol. The molecule has 0 saturated carbocycles. The number of carbonyl (C=O) groups is 2. The first-order valence-electron chi connectivity index (χ1n) is 29.7. The minimum absolute atomic E-state index is 0.0210. The van der Waals surface area contributed by atoms with Crippen LogP contribution >= 0.6 is 7.82 Å². The summed E-state index contributed by atoms with van der Waals surface area (Å²) < 4.78 is 34.5. The maximum absolute atomic E-state index is 12.8. The number of hydrogen-bond donors (Lipinski definition) is 1. The molecule has 0 rings (SSSR count). The van der Waals surface area contributed by atoms with Gasteiger partial charge < -0.3 is 18.9 Å². The molecule has 2 atom stereocenters. The number of hydrogen-bond acceptors (Lipinski definition) is 7. The molecule has 1 N–H and O–H groups in total. The fourth-order valence-corrected chi connectivity index (χ4v) is 8.94. The predicted molar refractivity (Wildman–Crippen MR) is 307 cm³/mol. The van der Waals surface area contributed by atoms with Gasteiger partial charge in [-0.15, -0.1) is 0 Å². The van der Waals surface area contributed by atoms with Crippen LogP contribution in [0.4, 0.5) is 0 Å². The topological polar surface area (TPSA) is 108 Å². The number of quaternary nitrogens is 1. The molecule has 0 radical (unpaired) electrons. The summed E-state index contributed by atoms with van der Waals surface area (Å²) in [6.07, 6.45) is 69.9. The summed E-state index contributed by atoms with van der Waals surface area (Å²) in [5.74, 6) is -0.843. The molecule has 0 aromatic rings. The molecule has 0 aliphatic heterocycles. The van der Waals surface area contributed by atoms with Gasteiger partial charge in [0.05, 0.1) is 27.7 Å². The highest BCUT2D eigenvalue weighted by atomic mass is 31.2. The Balaban J connectivity index is 4.18. The monoisotopic (exact) mass is 1030 g/mol. The molecule has 0 aromatic carbocycles. The van der Waals surface area contributed by atoms with Crippen molar-refractivity contribution in [2.24, 2.45) is 0 Å². The molecular weight excluding hydrogens is 918 g/mol. The minimum atomic E-state index is -4.40. The lowest BCUT2D eigenvalue weighted by Crippen LogP contribution is -2.37. The number of rotatable bonds is 54. The maximum atomic E-state index is 12.8. The van der Waals surface area contributed by atoms with Gasteiger partial charge in [-0.1, -0.05) is 254 Å². The lowest BCUT2D eigenvalue weighted by Gasteiger charge is -2.24. The largest absolute Gasteiger partial charge is 0.472 e. The Morgan fingerprint density at radius 1 is 0.444 bits per heavy atom. The van der Waals surface area contributed by atoms with Crippen LogP contribution < -0.4 is 0 Å². The second-order valence-corrected chi connectivity index (χ2v) is 22.5. The van der Waals surface area contributed by atoms with Gasteiger partial charge >= 0.3 is 19.8 Å². The molecule has 0 heterocycles. The zero-order valence-electron chi connectivity index (χ0n) is 47.4. The Hall–Kier alpha value is -2.55. The van der Waals surface area contributed by atoms with E-state index < -0.39 is 26.5 Å². The van der Waals surface area contributed by atoms with Gasteiger partial charge in [-0.2, -0.15) is 0 Å². The first kappa shape index (κ1) is 69.5. The van der Waals surface area contributed by atoms with E-state index in [0.29, 0.717) is 17.4 Å². The third-order valence-corrected chi connectivity index (χ3v) is 13.7. The van der Waals surface area contributed by atoms with Gasteiger partial charge in [0, 0.05) is 12.8 Å². The molecular formula is C62H113NO8P+. The second-order valence-electron chi connectivity index (χ2n) is 21.0. The molecule has 0 saturated heterocycles. The van der Waals surface area contributed by atoms with Crippen LogP contribution in [0.15, 0.2) is 72.9 Å². The molecule has 0 bridgehead atoms. The van der Waals surface area contributed by atoms with E-state index in [0.717, 1.165) is 70.6 Å². The van der Waals surface area contributed by atoms with Gasteiger partial charge in [-0.25, -0.2) is 4.57 Å². The number of esters is 2. The zero-order valence-corrected chi connectivity index (χ0v) is 48.3. The van der Waals surface area contributed by atoms with Crippen LogP contribution in [0, 0.1) is 0 Å². The Bertz CT molecular complexity index is 1450. The Morgan fingerprint density at radius 2 is 0.792 bits per heavy atom. The van der Waals surface area contributed by atoms with E-state index in [9.17, 15) is 19.0 Å². The van der Waals surface area contributed by atoms with Crippen molar-refractivity contribution >= 4 is 19.8 Å². The first-order chi connectivity index (χ1) is 35.0. The summed E-state index contributed by atoms with van der Waals surface area (Å²) >= 11 is 0. The quantitative estimate of drug-likeness (QED) is 0.0211. The molecule has 0 fully saturated rings. The van der Waals surface area contributed by atoms with Crippen LogP contribution in [-0.4, -0.2) is 74.9 Å². The van der Waals surface area contributed by atoms with Crippen molar-refractivity contribution in [1.82, 2.24) is 0 Å². The smallest absolute Gasteiger partial charge is 0.462 e. The van der Waals surface area contributed by atoms with Crippen LogP contribution in [-0.2, 0) is 32.7 Å². The Labute approximate surface area is 444 Å². The molecule has 0 spiro atoms. The van der Waals surface area contributed by atoms with Crippen molar-refractivity contribution in [3.8, 4) is 0 Å². The molecule has 0 amide bonds. The lowest BCUT2D eigenvalue weighted by atomic mass is 10.0. The molecule has 2 unspecified atom stereocenters. The third kappa shape index (κ3) is 56.7.